The average Bonchev–Trinajstić information content (AvgIpc) is 3.34. The first-order chi connectivity index (χ1) is 16.8. The summed E-state index contributed by atoms with van der Waals surface area (Å²) < 4.78 is 33.0. The highest BCUT2D eigenvalue weighted by Crippen LogP contribution is 2.31. The number of halogens is 3. The van der Waals surface area contributed by atoms with Crippen LogP contribution in [0.4, 0.5) is 8.78 Å². The third kappa shape index (κ3) is 3.92. The lowest BCUT2D eigenvalue weighted by molar-refractivity contribution is 0.0698. The van der Waals surface area contributed by atoms with E-state index in [0.29, 0.717) is 41.3 Å². The summed E-state index contributed by atoms with van der Waals surface area (Å²) in [5.41, 5.74) is 6.59. The van der Waals surface area contributed by atoms with Crippen LogP contribution in [-0.2, 0) is 7.05 Å². The van der Waals surface area contributed by atoms with Gasteiger partial charge in [0.05, 0.1) is 16.8 Å². The Labute approximate surface area is 204 Å². The van der Waals surface area contributed by atoms with Crippen molar-refractivity contribution >= 4 is 28.4 Å². The first kappa shape index (κ1) is 23.0. The standard InChI is InChI=1S/C24H20ClF2N7O/c1-32-21(25)17-10-16(6-7-19(17)31-32)34-22(27)20(24(35)33-8-2-3-15(29)12-33)30-23(34)13-4-5-14(11-28)18(26)9-13/h4-7,9-10,15H,2-3,8,12,29H2,1H3/t15-/m1/s1. The molecule has 1 aliphatic heterocycles. The fourth-order valence-corrected chi connectivity index (χ4v) is 4.54. The van der Waals surface area contributed by atoms with Crippen LogP contribution in [0.2, 0.25) is 5.15 Å². The fraction of sp³-hybridized carbons (Fsp3) is 0.250. The number of nitrogens with zero attached hydrogens (tertiary/aromatic N) is 6. The molecule has 0 aliphatic carbocycles. The van der Waals surface area contributed by atoms with Gasteiger partial charge in [-0.05, 0) is 49.2 Å². The number of amides is 1. The van der Waals surface area contributed by atoms with Crippen LogP contribution in [0.5, 0.6) is 0 Å². The normalized spacial score (nSPS) is 16.0. The summed E-state index contributed by atoms with van der Waals surface area (Å²) in [4.78, 5) is 19.0. The highest BCUT2D eigenvalue weighted by molar-refractivity contribution is 6.34. The molecule has 1 amide bonds. The number of benzene rings is 2. The second kappa shape index (κ2) is 8.76. The molecule has 4 aromatic rings. The van der Waals surface area contributed by atoms with Crippen molar-refractivity contribution in [3.63, 3.8) is 0 Å². The van der Waals surface area contributed by atoms with Gasteiger partial charge in [0.1, 0.15) is 22.9 Å². The van der Waals surface area contributed by atoms with E-state index >= 15 is 4.39 Å². The Bertz CT molecular complexity index is 1520. The zero-order chi connectivity index (χ0) is 24.9. The number of piperidine rings is 1. The van der Waals surface area contributed by atoms with E-state index in [1.54, 1.807) is 31.3 Å². The Kier molecular flexibility index (Phi) is 5.75. The molecular weight excluding hydrogens is 476 g/mol. The molecule has 0 spiro atoms. The van der Waals surface area contributed by atoms with Gasteiger partial charge >= 0.3 is 0 Å². The van der Waals surface area contributed by atoms with Crippen molar-refractivity contribution in [1.29, 1.82) is 5.26 Å². The van der Waals surface area contributed by atoms with Crippen molar-refractivity contribution in [2.75, 3.05) is 13.1 Å². The Morgan fingerprint density at radius 3 is 2.77 bits per heavy atom. The van der Waals surface area contributed by atoms with Crippen LogP contribution in [0.15, 0.2) is 36.4 Å². The Morgan fingerprint density at radius 2 is 2.06 bits per heavy atom. The molecule has 0 bridgehead atoms. The number of imidazole rings is 1. The van der Waals surface area contributed by atoms with Gasteiger partial charge in [0.2, 0.25) is 5.95 Å². The Hall–Kier alpha value is -3.81. The lowest BCUT2D eigenvalue weighted by Crippen LogP contribution is -2.46. The minimum Gasteiger partial charge on any atom is -0.336 e. The van der Waals surface area contributed by atoms with Gasteiger partial charge in [-0.3, -0.25) is 14.0 Å². The smallest absolute Gasteiger partial charge is 0.277 e. The minimum absolute atomic E-state index is 0.00918. The lowest BCUT2D eigenvalue weighted by atomic mass is 10.1. The zero-order valence-electron chi connectivity index (χ0n) is 18.7. The summed E-state index contributed by atoms with van der Waals surface area (Å²) in [5, 5.41) is 14.3. The number of aryl methyl sites for hydroxylation is 1. The van der Waals surface area contributed by atoms with Gasteiger partial charge in [0.15, 0.2) is 5.69 Å². The number of fused-ring (bicyclic) bond motifs is 1. The quantitative estimate of drug-likeness (QED) is 0.465. The van der Waals surface area contributed by atoms with Crippen molar-refractivity contribution < 1.29 is 13.6 Å². The maximum Gasteiger partial charge on any atom is 0.277 e. The highest BCUT2D eigenvalue weighted by atomic mass is 35.5. The minimum atomic E-state index is -0.895. The molecule has 2 aromatic heterocycles. The molecule has 1 atom stereocenters. The first-order valence-electron chi connectivity index (χ1n) is 10.9. The topological polar surface area (TPSA) is 106 Å². The number of nitrogens with two attached hydrogens (primary N) is 1. The predicted molar refractivity (Wildman–Crippen MR) is 126 cm³/mol. The molecule has 1 fully saturated rings. The molecule has 0 saturated carbocycles. The third-order valence-electron chi connectivity index (χ3n) is 6.12. The van der Waals surface area contributed by atoms with E-state index in [0.717, 1.165) is 17.1 Å². The SMILES string of the molecule is Cn1nc2ccc(-n3c(-c4ccc(C#N)c(F)c4)nc(C(=O)N4CCC[C@@H](N)C4)c3F)cc2c1Cl. The second-order valence-electron chi connectivity index (χ2n) is 8.49. The summed E-state index contributed by atoms with van der Waals surface area (Å²) in [6, 6.07) is 10.3. The second-order valence-corrected chi connectivity index (χ2v) is 8.84. The number of hydrogen-bond donors (Lipinski definition) is 1. The van der Waals surface area contributed by atoms with Crippen molar-refractivity contribution in [3.05, 3.63) is 64.6 Å². The Balaban J connectivity index is 1.70. The molecule has 1 aliphatic rings. The van der Waals surface area contributed by atoms with Crippen LogP contribution < -0.4 is 5.73 Å². The highest BCUT2D eigenvalue weighted by Gasteiger charge is 2.30. The van der Waals surface area contributed by atoms with E-state index in [2.05, 4.69) is 10.1 Å². The van der Waals surface area contributed by atoms with Gasteiger partial charge in [-0.2, -0.15) is 14.8 Å². The van der Waals surface area contributed by atoms with Crippen LogP contribution >= 0.6 is 11.6 Å². The van der Waals surface area contributed by atoms with E-state index in [1.807, 2.05) is 0 Å². The molecular formula is C24H20ClF2N7O. The summed E-state index contributed by atoms with van der Waals surface area (Å²) in [5.74, 6) is -2.25. The average molecular weight is 496 g/mol. The summed E-state index contributed by atoms with van der Waals surface area (Å²) in [7, 11) is 1.69. The molecule has 1 saturated heterocycles. The molecule has 11 heteroatoms. The fourth-order valence-electron chi connectivity index (χ4n) is 4.35. The molecule has 5 rings (SSSR count). The van der Waals surface area contributed by atoms with Crippen LogP contribution in [0.3, 0.4) is 0 Å². The number of nitriles is 1. The van der Waals surface area contributed by atoms with Crippen LogP contribution in [0.25, 0.3) is 28.0 Å². The van der Waals surface area contributed by atoms with Crippen molar-refractivity contribution in [3.8, 4) is 23.1 Å². The Morgan fingerprint density at radius 1 is 1.26 bits per heavy atom. The van der Waals surface area contributed by atoms with E-state index in [4.69, 9.17) is 22.6 Å². The number of carbonyl (C=O) groups is 1. The molecule has 8 nitrogen and oxygen atoms in total. The molecule has 2 aromatic carbocycles. The first-order valence-corrected chi connectivity index (χ1v) is 11.3. The van der Waals surface area contributed by atoms with Gasteiger partial charge in [-0.15, -0.1) is 0 Å². The van der Waals surface area contributed by atoms with E-state index in [1.165, 1.54) is 21.7 Å². The molecule has 2 N–H and O–H groups in total. The van der Waals surface area contributed by atoms with Crippen molar-refractivity contribution in [2.45, 2.75) is 18.9 Å². The number of likely N-dealkylation sites (tertiary alicyclic amines) is 1. The van der Waals surface area contributed by atoms with Crippen molar-refractivity contribution in [1.82, 2.24) is 24.2 Å². The number of hydrogen-bond acceptors (Lipinski definition) is 5. The van der Waals surface area contributed by atoms with Crippen LogP contribution in [-0.4, -0.2) is 49.3 Å². The van der Waals surface area contributed by atoms with Gasteiger partial charge in [-0.1, -0.05) is 11.6 Å². The number of aromatic nitrogens is 4. The lowest BCUT2D eigenvalue weighted by Gasteiger charge is -2.30. The summed E-state index contributed by atoms with van der Waals surface area (Å²) in [6.07, 6.45) is 1.49. The predicted octanol–water partition coefficient (Wildman–Crippen LogP) is 3.79. The number of rotatable bonds is 3. The van der Waals surface area contributed by atoms with Gasteiger partial charge in [0.25, 0.3) is 5.91 Å². The van der Waals surface area contributed by atoms with E-state index in [9.17, 15) is 9.18 Å². The molecule has 0 unspecified atom stereocenters. The van der Waals surface area contributed by atoms with E-state index in [-0.39, 0.29) is 23.0 Å². The van der Waals surface area contributed by atoms with Crippen molar-refractivity contribution in [2.24, 2.45) is 12.8 Å². The van der Waals surface area contributed by atoms with Gasteiger partial charge in [-0.25, -0.2) is 9.37 Å². The van der Waals surface area contributed by atoms with Gasteiger partial charge in [0, 0.05) is 37.1 Å². The van der Waals surface area contributed by atoms with Crippen LogP contribution in [0, 0.1) is 23.1 Å². The zero-order valence-corrected chi connectivity index (χ0v) is 19.4. The van der Waals surface area contributed by atoms with Crippen LogP contribution in [0.1, 0.15) is 28.9 Å². The monoisotopic (exact) mass is 495 g/mol. The molecule has 35 heavy (non-hydrogen) atoms. The van der Waals surface area contributed by atoms with E-state index < -0.39 is 23.4 Å². The maximum absolute atomic E-state index is 15.9. The third-order valence-corrected chi connectivity index (χ3v) is 6.57. The molecule has 0 radical (unpaired) electrons. The van der Waals surface area contributed by atoms with Gasteiger partial charge < -0.3 is 10.6 Å². The summed E-state index contributed by atoms with van der Waals surface area (Å²) >= 11 is 6.35. The molecule has 178 valence electrons. The number of carbonyl (C=O) groups excluding carboxylic acids is 1. The maximum atomic E-state index is 15.9. The molecule has 3 heterocycles. The largest absolute Gasteiger partial charge is 0.336 e. The summed E-state index contributed by atoms with van der Waals surface area (Å²) in [6.45, 7) is 0.736.